The number of amides is 2. The summed E-state index contributed by atoms with van der Waals surface area (Å²) in [4.78, 5) is 35.7. The van der Waals surface area contributed by atoms with Gasteiger partial charge in [0.25, 0.3) is 0 Å². The molecule has 2 atom stereocenters. The average Bonchev–Trinajstić information content (AvgIpc) is 3.38. The summed E-state index contributed by atoms with van der Waals surface area (Å²) >= 11 is 0. The largest absolute Gasteiger partial charge is 0.480 e. The van der Waals surface area contributed by atoms with Gasteiger partial charge in [0.2, 0.25) is 11.8 Å². The Kier molecular flexibility index (Phi) is 6.56. The van der Waals surface area contributed by atoms with E-state index in [0.29, 0.717) is 12.3 Å². The first-order valence-electron chi connectivity index (χ1n) is 8.73. The second-order valence-electron chi connectivity index (χ2n) is 7.03. The van der Waals surface area contributed by atoms with E-state index in [2.05, 4.69) is 10.6 Å². The molecule has 25 heavy (non-hydrogen) atoms. The first kappa shape index (κ1) is 19.0. The SMILES string of the molecule is CC(C)C[C@H](NC(=O)CNC(=O)C(c1ccccc1)C1CC1)C(=O)O. The third kappa shape index (κ3) is 5.89. The van der Waals surface area contributed by atoms with Crippen molar-refractivity contribution in [3.63, 3.8) is 0 Å². The average molecular weight is 346 g/mol. The standard InChI is InChI=1S/C19H26N2O4/c1-12(2)10-15(19(24)25)21-16(22)11-20-18(23)17(14-8-9-14)13-6-4-3-5-7-13/h3-7,12,14-15,17H,8-11H2,1-2H3,(H,20,23)(H,21,22)(H,24,25)/t15-,17?/m0/s1. The summed E-state index contributed by atoms with van der Waals surface area (Å²) in [5.41, 5.74) is 0.950. The molecule has 136 valence electrons. The van der Waals surface area contributed by atoms with Crippen LogP contribution in [-0.2, 0) is 14.4 Å². The van der Waals surface area contributed by atoms with Gasteiger partial charge in [-0.3, -0.25) is 9.59 Å². The quantitative estimate of drug-likeness (QED) is 0.636. The molecule has 2 amide bonds. The van der Waals surface area contributed by atoms with Crippen LogP contribution in [0.4, 0.5) is 0 Å². The first-order chi connectivity index (χ1) is 11.9. The predicted octanol–water partition coefficient (Wildman–Crippen LogP) is 1.91. The van der Waals surface area contributed by atoms with Crippen molar-refractivity contribution in [3.05, 3.63) is 35.9 Å². The Labute approximate surface area is 148 Å². The van der Waals surface area contributed by atoms with E-state index in [1.165, 1.54) is 0 Å². The summed E-state index contributed by atoms with van der Waals surface area (Å²) in [5.74, 6) is -1.51. The molecule has 1 saturated carbocycles. The lowest BCUT2D eigenvalue weighted by Gasteiger charge is -2.19. The molecule has 1 aliphatic rings. The van der Waals surface area contributed by atoms with Crippen LogP contribution < -0.4 is 10.6 Å². The fraction of sp³-hybridized carbons (Fsp3) is 0.526. The zero-order valence-corrected chi connectivity index (χ0v) is 14.7. The van der Waals surface area contributed by atoms with Gasteiger partial charge in [-0.25, -0.2) is 4.79 Å². The van der Waals surface area contributed by atoms with Crippen molar-refractivity contribution >= 4 is 17.8 Å². The summed E-state index contributed by atoms with van der Waals surface area (Å²) in [6, 6.07) is 8.61. The van der Waals surface area contributed by atoms with Gasteiger partial charge in [0.05, 0.1) is 12.5 Å². The van der Waals surface area contributed by atoms with Gasteiger partial charge < -0.3 is 15.7 Å². The number of carboxylic acid groups (broad SMARTS) is 1. The zero-order valence-electron chi connectivity index (χ0n) is 14.7. The highest BCUT2D eigenvalue weighted by molar-refractivity contribution is 5.90. The molecule has 1 aromatic rings. The van der Waals surface area contributed by atoms with Gasteiger partial charge >= 0.3 is 5.97 Å². The van der Waals surface area contributed by atoms with Crippen LogP contribution in [0.1, 0.15) is 44.6 Å². The maximum Gasteiger partial charge on any atom is 0.326 e. The van der Waals surface area contributed by atoms with Crippen molar-refractivity contribution in [1.82, 2.24) is 10.6 Å². The molecule has 0 heterocycles. The highest BCUT2D eigenvalue weighted by atomic mass is 16.4. The summed E-state index contributed by atoms with van der Waals surface area (Å²) in [6.45, 7) is 3.57. The van der Waals surface area contributed by atoms with E-state index in [-0.39, 0.29) is 24.3 Å². The van der Waals surface area contributed by atoms with Crippen LogP contribution in [-0.4, -0.2) is 35.5 Å². The third-order valence-corrected chi connectivity index (χ3v) is 4.30. The number of rotatable bonds is 9. The van der Waals surface area contributed by atoms with Crippen LogP contribution in [0.2, 0.25) is 0 Å². The minimum absolute atomic E-state index is 0.147. The second-order valence-corrected chi connectivity index (χ2v) is 7.03. The third-order valence-electron chi connectivity index (χ3n) is 4.30. The van der Waals surface area contributed by atoms with Crippen LogP contribution in [0.3, 0.4) is 0 Å². The number of benzene rings is 1. The molecule has 1 aliphatic carbocycles. The number of aliphatic carboxylic acids is 1. The molecule has 0 saturated heterocycles. The molecule has 2 rings (SSSR count). The molecule has 1 unspecified atom stereocenters. The molecule has 0 spiro atoms. The van der Waals surface area contributed by atoms with Crippen LogP contribution in [0.15, 0.2) is 30.3 Å². The number of nitrogens with one attached hydrogen (secondary N) is 2. The number of hydrogen-bond donors (Lipinski definition) is 3. The van der Waals surface area contributed by atoms with Gasteiger partial charge in [-0.1, -0.05) is 44.2 Å². The summed E-state index contributed by atoms with van der Waals surface area (Å²) in [5, 5.41) is 14.3. The Morgan fingerprint density at radius 3 is 2.32 bits per heavy atom. The molecular weight excluding hydrogens is 320 g/mol. The van der Waals surface area contributed by atoms with Crippen molar-refractivity contribution in [2.75, 3.05) is 6.54 Å². The van der Waals surface area contributed by atoms with Crippen LogP contribution in [0, 0.1) is 11.8 Å². The Bertz CT molecular complexity index is 611. The van der Waals surface area contributed by atoms with Crippen molar-refractivity contribution < 1.29 is 19.5 Å². The smallest absolute Gasteiger partial charge is 0.326 e. The number of carboxylic acids is 1. The maximum atomic E-state index is 12.5. The predicted molar refractivity (Wildman–Crippen MR) is 93.9 cm³/mol. The number of carbonyl (C=O) groups is 3. The lowest BCUT2D eigenvalue weighted by Crippen LogP contribution is -2.46. The zero-order chi connectivity index (χ0) is 18.4. The topological polar surface area (TPSA) is 95.5 Å². The lowest BCUT2D eigenvalue weighted by molar-refractivity contribution is -0.142. The van der Waals surface area contributed by atoms with E-state index in [1.54, 1.807) is 0 Å². The maximum absolute atomic E-state index is 12.5. The highest BCUT2D eigenvalue weighted by Crippen LogP contribution is 2.42. The molecule has 3 N–H and O–H groups in total. The van der Waals surface area contributed by atoms with Gasteiger partial charge in [-0.15, -0.1) is 0 Å². The Hall–Kier alpha value is -2.37. The van der Waals surface area contributed by atoms with Crippen molar-refractivity contribution in [1.29, 1.82) is 0 Å². The Morgan fingerprint density at radius 1 is 1.16 bits per heavy atom. The van der Waals surface area contributed by atoms with E-state index < -0.39 is 17.9 Å². The molecule has 0 aliphatic heterocycles. The van der Waals surface area contributed by atoms with E-state index in [0.717, 1.165) is 18.4 Å². The molecule has 1 aromatic carbocycles. The minimum atomic E-state index is -1.06. The van der Waals surface area contributed by atoms with E-state index >= 15 is 0 Å². The van der Waals surface area contributed by atoms with Crippen LogP contribution in [0.5, 0.6) is 0 Å². The van der Waals surface area contributed by atoms with Crippen LogP contribution in [0.25, 0.3) is 0 Å². The lowest BCUT2D eigenvalue weighted by atomic mass is 9.93. The summed E-state index contributed by atoms with van der Waals surface area (Å²) in [7, 11) is 0. The Morgan fingerprint density at radius 2 is 1.80 bits per heavy atom. The van der Waals surface area contributed by atoms with Gasteiger partial charge in [-0.2, -0.15) is 0 Å². The fourth-order valence-corrected chi connectivity index (χ4v) is 2.94. The fourth-order valence-electron chi connectivity index (χ4n) is 2.94. The molecule has 1 fully saturated rings. The van der Waals surface area contributed by atoms with E-state index in [9.17, 15) is 14.4 Å². The van der Waals surface area contributed by atoms with Crippen molar-refractivity contribution in [3.8, 4) is 0 Å². The molecule has 0 bridgehead atoms. The highest BCUT2D eigenvalue weighted by Gasteiger charge is 2.37. The van der Waals surface area contributed by atoms with Gasteiger partial charge in [0.15, 0.2) is 0 Å². The summed E-state index contributed by atoms with van der Waals surface area (Å²) in [6.07, 6.45) is 2.37. The monoisotopic (exact) mass is 346 g/mol. The molecular formula is C19H26N2O4. The van der Waals surface area contributed by atoms with Gasteiger partial charge in [-0.05, 0) is 36.7 Å². The number of hydrogen-bond acceptors (Lipinski definition) is 3. The summed E-state index contributed by atoms with van der Waals surface area (Å²) < 4.78 is 0. The molecule has 6 heteroatoms. The molecule has 0 aromatic heterocycles. The second kappa shape index (κ2) is 8.65. The first-order valence-corrected chi connectivity index (χ1v) is 8.73. The number of carbonyl (C=O) groups excluding carboxylic acids is 2. The van der Waals surface area contributed by atoms with Crippen molar-refractivity contribution in [2.24, 2.45) is 11.8 Å². The normalized spacial score (nSPS) is 16.1. The van der Waals surface area contributed by atoms with Gasteiger partial charge in [0.1, 0.15) is 6.04 Å². The molecule has 6 nitrogen and oxygen atoms in total. The van der Waals surface area contributed by atoms with E-state index in [1.807, 2.05) is 44.2 Å². The Balaban J connectivity index is 1.89. The van der Waals surface area contributed by atoms with Crippen molar-refractivity contribution in [2.45, 2.75) is 45.1 Å². The van der Waals surface area contributed by atoms with Gasteiger partial charge in [0, 0.05) is 0 Å². The van der Waals surface area contributed by atoms with Crippen LogP contribution >= 0.6 is 0 Å². The van der Waals surface area contributed by atoms with E-state index in [4.69, 9.17) is 5.11 Å². The minimum Gasteiger partial charge on any atom is -0.480 e. The molecule has 0 radical (unpaired) electrons.